The number of hydrogen-bond donors (Lipinski definition) is 2. The molecule has 0 unspecified atom stereocenters. The third-order valence-electron chi connectivity index (χ3n) is 5.12. The first-order chi connectivity index (χ1) is 13.2. The fourth-order valence-electron chi connectivity index (χ4n) is 3.67. The van der Waals surface area contributed by atoms with Crippen LogP contribution in [-0.4, -0.2) is 34.8 Å². The lowest BCUT2D eigenvalue weighted by Gasteiger charge is -2.18. The molecule has 0 aliphatic carbocycles. The predicted molar refractivity (Wildman–Crippen MR) is 107 cm³/mol. The van der Waals surface area contributed by atoms with Crippen LogP contribution < -0.4 is 5.32 Å². The number of anilines is 1. The number of carbonyl (C=O) groups excluding carboxylic acids is 2. The van der Waals surface area contributed by atoms with Crippen LogP contribution in [0.25, 0.3) is 10.9 Å². The van der Waals surface area contributed by atoms with E-state index < -0.39 is 0 Å². The maximum Gasteiger partial charge on any atom is 0.255 e. The molecule has 5 nitrogen and oxygen atoms in total. The predicted octanol–water partition coefficient (Wildman–Crippen LogP) is 3.98. The molecule has 2 aromatic carbocycles. The highest BCUT2D eigenvalue weighted by atomic mass is 16.2. The molecular weight excluding hydrogens is 338 g/mol. The van der Waals surface area contributed by atoms with Gasteiger partial charge in [-0.05, 0) is 43.0 Å². The number of aromatic nitrogens is 1. The van der Waals surface area contributed by atoms with Crippen molar-refractivity contribution >= 4 is 28.4 Å². The second kappa shape index (κ2) is 7.66. The van der Waals surface area contributed by atoms with Gasteiger partial charge in [0.15, 0.2) is 0 Å². The van der Waals surface area contributed by atoms with Gasteiger partial charge in [0.25, 0.3) is 5.91 Å². The summed E-state index contributed by atoms with van der Waals surface area (Å²) in [6, 6.07) is 15.3. The number of nitrogens with one attached hydrogen (secondary N) is 2. The van der Waals surface area contributed by atoms with Crippen molar-refractivity contribution < 1.29 is 9.59 Å². The summed E-state index contributed by atoms with van der Waals surface area (Å²) >= 11 is 0. The maximum absolute atomic E-state index is 12.7. The minimum Gasteiger partial charge on any atom is -0.361 e. The molecule has 5 heteroatoms. The molecule has 0 bridgehead atoms. The number of benzene rings is 2. The smallest absolute Gasteiger partial charge is 0.255 e. The fourth-order valence-corrected chi connectivity index (χ4v) is 3.67. The Bertz CT molecular complexity index is 970. The van der Waals surface area contributed by atoms with Gasteiger partial charge < -0.3 is 15.2 Å². The SMILES string of the molecule is O=C(CCc1c[nH]c2ccccc12)Nc1ccccc1C(=O)N1CCCC1. The lowest BCUT2D eigenvalue weighted by Crippen LogP contribution is -2.28. The third kappa shape index (κ3) is 3.72. The van der Waals surface area contributed by atoms with Crippen molar-refractivity contribution in [2.75, 3.05) is 18.4 Å². The molecular formula is C22H23N3O2. The Morgan fingerprint density at radius 2 is 1.74 bits per heavy atom. The molecule has 2 heterocycles. The number of aromatic amines is 1. The largest absolute Gasteiger partial charge is 0.361 e. The molecule has 138 valence electrons. The van der Waals surface area contributed by atoms with Crippen molar-refractivity contribution in [2.24, 2.45) is 0 Å². The Kier molecular flexibility index (Phi) is 4.92. The zero-order valence-corrected chi connectivity index (χ0v) is 15.2. The van der Waals surface area contributed by atoms with Gasteiger partial charge in [-0.1, -0.05) is 30.3 Å². The summed E-state index contributed by atoms with van der Waals surface area (Å²) in [6.45, 7) is 1.59. The van der Waals surface area contributed by atoms with Gasteiger partial charge >= 0.3 is 0 Å². The normalized spacial score (nSPS) is 13.9. The summed E-state index contributed by atoms with van der Waals surface area (Å²) in [7, 11) is 0. The number of aryl methyl sites for hydroxylation is 1. The molecule has 1 aliphatic heterocycles. The van der Waals surface area contributed by atoms with Crippen molar-refractivity contribution in [3.8, 4) is 0 Å². The molecule has 3 aromatic rings. The second-order valence-electron chi connectivity index (χ2n) is 6.95. The van der Waals surface area contributed by atoms with Crippen molar-refractivity contribution in [3.63, 3.8) is 0 Å². The Morgan fingerprint density at radius 3 is 2.59 bits per heavy atom. The van der Waals surface area contributed by atoms with Crippen LogP contribution in [0.3, 0.4) is 0 Å². The van der Waals surface area contributed by atoms with E-state index in [1.54, 1.807) is 12.1 Å². The minimum atomic E-state index is -0.0815. The van der Waals surface area contributed by atoms with Gasteiger partial charge in [-0.25, -0.2) is 0 Å². The summed E-state index contributed by atoms with van der Waals surface area (Å²) in [5.74, 6) is -0.0815. The van der Waals surface area contributed by atoms with Gasteiger partial charge in [-0.2, -0.15) is 0 Å². The maximum atomic E-state index is 12.7. The lowest BCUT2D eigenvalue weighted by atomic mass is 10.1. The highest BCUT2D eigenvalue weighted by Crippen LogP contribution is 2.22. The Balaban J connectivity index is 1.43. The molecule has 2 N–H and O–H groups in total. The number of H-pyrrole nitrogens is 1. The number of amides is 2. The van der Waals surface area contributed by atoms with Crippen LogP contribution in [0.5, 0.6) is 0 Å². The fraction of sp³-hybridized carbons (Fsp3) is 0.273. The molecule has 1 saturated heterocycles. The molecule has 0 saturated carbocycles. The van der Waals surface area contributed by atoms with Crippen LogP contribution >= 0.6 is 0 Å². The molecule has 1 aromatic heterocycles. The highest BCUT2D eigenvalue weighted by molar-refractivity contribution is 6.03. The van der Waals surface area contributed by atoms with E-state index in [0.717, 1.165) is 42.4 Å². The molecule has 27 heavy (non-hydrogen) atoms. The third-order valence-corrected chi connectivity index (χ3v) is 5.12. The molecule has 4 rings (SSSR count). The van der Waals surface area contributed by atoms with Crippen molar-refractivity contribution in [1.29, 1.82) is 0 Å². The molecule has 1 aliphatic rings. The average molecular weight is 361 g/mol. The number of para-hydroxylation sites is 2. The lowest BCUT2D eigenvalue weighted by molar-refractivity contribution is -0.116. The van der Waals surface area contributed by atoms with Crippen LogP contribution in [0.2, 0.25) is 0 Å². The number of rotatable bonds is 5. The Morgan fingerprint density at radius 1 is 1.00 bits per heavy atom. The van der Waals surface area contributed by atoms with E-state index >= 15 is 0 Å². The van der Waals surface area contributed by atoms with Gasteiger partial charge in [0.2, 0.25) is 5.91 Å². The highest BCUT2D eigenvalue weighted by Gasteiger charge is 2.22. The summed E-state index contributed by atoms with van der Waals surface area (Å²) < 4.78 is 0. The first-order valence-electron chi connectivity index (χ1n) is 9.45. The molecule has 0 atom stereocenters. The summed E-state index contributed by atoms with van der Waals surface area (Å²) in [5, 5.41) is 4.08. The zero-order chi connectivity index (χ0) is 18.6. The topological polar surface area (TPSA) is 65.2 Å². The van der Waals surface area contributed by atoms with Gasteiger partial charge in [-0.3, -0.25) is 9.59 Å². The summed E-state index contributed by atoms with van der Waals surface area (Å²) in [5.41, 5.74) is 3.37. The van der Waals surface area contributed by atoms with E-state index in [9.17, 15) is 9.59 Å². The number of likely N-dealkylation sites (tertiary alicyclic amines) is 1. The monoisotopic (exact) mass is 361 g/mol. The standard InChI is InChI=1S/C22H23N3O2/c26-21(12-11-16-15-23-19-9-3-1-7-17(16)19)24-20-10-4-2-8-18(20)22(27)25-13-5-6-14-25/h1-4,7-10,15,23H,5-6,11-14H2,(H,24,26). The first-order valence-corrected chi connectivity index (χ1v) is 9.45. The van der Waals surface area contributed by atoms with Crippen molar-refractivity contribution in [2.45, 2.75) is 25.7 Å². The van der Waals surface area contributed by atoms with Crippen LogP contribution in [0.1, 0.15) is 35.2 Å². The second-order valence-corrected chi connectivity index (χ2v) is 6.95. The quantitative estimate of drug-likeness (QED) is 0.722. The number of hydrogen-bond acceptors (Lipinski definition) is 2. The number of fused-ring (bicyclic) bond motifs is 1. The minimum absolute atomic E-state index is 0.0000265. The van der Waals surface area contributed by atoms with E-state index in [1.165, 1.54) is 0 Å². The van der Waals surface area contributed by atoms with Gasteiger partial charge in [0.05, 0.1) is 11.3 Å². The molecule has 2 amide bonds. The van der Waals surface area contributed by atoms with E-state index in [-0.39, 0.29) is 11.8 Å². The van der Waals surface area contributed by atoms with Crippen LogP contribution in [0.15, 0.2) is 54.7 Å². The van der Waals surface area contributed by atoms with Crippen LogP contribution in [0.4, 0.5) is 5.69 Å². The van der Waals surface area contributed by atoms with E-state index in [1.807, 2.05) is 41.4 Å². The van der Waals surface area contributed by atoms with Crippen LogP contribution in [-0.2, 0) is 11.2 Å². The summed E-state index contributed by atoms with van der Waals surface area (Å²) in [6.07, 6.45) is 5.07. The summed E-state index contributed by atoms with van der Waals surface area (Å²) in [4.78, 5) is 30.3. The molecule has 0 spiro atoms. The Labute approximate surface area is 158 Å². The van der Waals surface area contributed by atoms with E-state index in [4.69, 9.17) is 0 Å². The van der Waals surface area contributed by atoms with Gasteiger partial charge in [-0.15, -0.1) is 0 Å². The van der Waals surface area contributed by atoms with E-state index in [2.05, 4.69) is 16.4 Å². The first kappa shape index (κ1) is 17.3. The van der Waals surface area contributed by atoms with E-state index in [0.29, 0.717) is 24.1 Å². The Hall–Kier alpha value is -3.08. The molecule has 1 fully saturated rings. The van der Waals surface area contributed by atoms with Gasteiger partial charge in [0, 0.05) is 36.6 Å². The number of carbonyl (C=O) groups is 2. The van der Waals surface area contributed by atoms with Gasteiger partial charge in [0.1, 0.15) is 0 Å². The average Bonchev–Trinajstić information content (AvgIpc) is 3.36. The molecule has 0 radical (unpaired) electrons. The van der Waals surface area contributed by atoms with Crippen molar-refractivity contribution in [1.82, 2.24) is 9.88 Å². The number of nitrogens with zero attached hydrogens (tertiary/aromatic N) is 1. The van der Waals surface area contributed by atoms with Crippen LogP contribution in [0, 0.1) is 0 Å². The van der Waals surface area contributed by atoms with Crippen molar-refractivity contribution in [3.05, 3.63) is 65.9 Å². The zero-order valence-electron chi connectivity index (χ0n) is 15.2.